The predicted molar refractivity (Wildman–Crippen MR) is 100 cm³/mol. The number of aromatic nitrogens is 2. The second kappa shape index (κ2) is 7.21. The molecule has 1 aromatic heterocycles. The number of piperazine rings is 1. The van der Waals surface area contributed by atoms with Gasteiger partial charge in [-0.15, -0.1) is 10.2 Å². The van der Waals surface area contributed by atoms with E-state index in [0.717, 1.165) is 43.3 Å². The second-order valence-corrected chi connectivity index (χ2v) is 7.75. The summed E-state index contributed by atoms with van der Waals surface area (Å²) in [6, 6.07) is 14.1. The summed E-state index contributed by atoms with van der Waals surface area (Å²) in [7, 11) is 0. The molecule has 0 bridgehead atoms. The van der Waals surface area contributed by atoms with Crippen molar-refractivity contribution in [2.75, 3.05) is 31.1 Å². The Morgan fingerprint density at radius 2 is 1.64 bits per heavy atom. The average molecular weight is 338 g/mol. The van der Waals surface area contributed by atoms with E-state index in [4.69, 9.17) is 0 Å². The topological polar surface area (TPSA) is 49.3 Å². The number of nitrogens with zero attached hydrogens (tertiary/aromatic N) is 4. The monoisotopic (exact) mass is 338 g/mol. The molecule has 0 N–H and O–H groups in total. The maximum Gasteiger partial charge on any atom is 0.223 e. The molecular formula is C20H26N4O. The summed E-state index contributed by atoms with van der Waals surface area (Å²) in [5.41, 5.74) is 1.98. The zero-order chi connectivity index (χ0) is 17.9. The van der Waals surface area contributed by atoms with Gasteiger partial charge in [-0.05, 0) is 17.5 Å². The summed E-state index contributed by atoms with van der Waals surface area (Å²) in [5, 5.41) is 8.74. The van der Waals surface area contributed by atoms with Gasteiger partial charge in [-0.1, -0.05) is 51.1 Å². The normalized spacial score (nSPS) is 15.3. The zero-order valence-electron chi connectivity index (χ0n) is 15.3. The average Bonchev–Trinajstić information content (AvgIpc) is 2.61. The van der Waals surface area contributed by atoms with Gasteiger partial charge in [0.1, 0.15) is 0 Å². The van der Waals surface area contributed by atoms with Crippen LogP contribution >= 0.6 is 0 Å². The van der Waals surface area contributed by atoms with E-state index in [9.17, 15) is 4.79 Å². The molecule has 1 aliphatic rings. The molecule has 25 heavy (non-hydrogen) atoms. The van der Waals surface area contributed by atoms with Crippen LogP contribution in [0, 0.1) is 5.41 Å². The van der Waals surface area contributed by atoms with Crippen LogP contribution in [0.5, 0.6) is 0 Å². The molecule has 1 saturated heterocycles. The maximum absolute atomic E-state index is 12.3. The number of amides is 1. The van der Waals surface area contributed by atoms with Gasteiger partial charge in [0.05, 0.1) is 5.69 Å². The van der Waals surface area contributed by atoms with Crippen molar-refractivity contribution in [2.45, 2.75) is 27.2 Å². The van der Waals surface area contributed by atoms with Crippen LogP contribution in [0.2, 0.25) is 0 Å². The molecule has 2 aromatic rings. The van der Waals surface area contributed by atoms with E-state index < -0.39 is 0 Å². The molecule has 1 aromatic carbocycles. The third-order valence-electron chi connectivity index (χ3n) is 4.36. The Bertz CT molecular complexity index is 699. The molecule has 0 spiro atoms. The molecule has 1 aliphatic heterocycles. The van der Waals surface area contributed by atoms with Crippen LogP contribution in [-0.2, 0) is 4.79 Å². The van der Waals surface area contributed by atoms with E-state index in [1.54, 1.807) is 0 Å². The summed E-state index contributed by atoms with van der Waals surface area (Å²) in [4.78, 5) is 16.5. The van der Waals surface area contributed by atoms with Crippen LogP contribution in [0.3, 0.4) is 0 Å². The first-order valence-corrected chi connectivity index (χ1v) is 8.84. The van der Waals surface area contributed by atoms with Crippen LogP contribution in [-0.4, -0.2) is 47.2 Å². The smallest absolute Gasteiger partial charge is 0.223 e. The molecule has 0 aliphatic carbocycles. The van der Waals surface area contributed by atoms with E-state index in [1.807, 2.05) is 47.4 Å². The van der Waals surface area contributed by atoms with E-state index in [2.05, 4.69) is 35.9 Å². The highest BCUT2D eigenvalue weighted by atomic mass is 16.2. The van der Waals surface area contributed by atoms with Crippen molar-refractivity contribution in [3.05, 3.63) is 42.5 Å². The van der Waals surface area contributed by atoms with Crippen molar-refractivity contribution in [1.82, 2.24) is 15.1 Å². The lowest BCUT2D eigenvalue weighted by atomic mass is 9.91. The largest absolute Gasteiger partial charge is 0.352 e. The van der Waals surface area contributed by atoms with Gasteiger partial charge in [0, 0.05) is 38.2 Å². The van der Waals surface area contributed by atoms with Gasteiger partial charge >= 0.3 is 0 Å². The molecular weight excluding hydrogens is 312 g/mol. The van der Waals surface area contributed by atoms with Crippen molar-refractivity contribution in [3.63, 3.8) is 0 Å². The summed E-state index contributed by atoms with van der Waals surface area (Å²) in [6.07, 6.45) is 0.596. The van der Waals surface area contributed by atoms with Gasteiger partial charge in [0.15, 0.2) is 5.82 Å². The Morgan fingerprint density at radius 3 is 2.20 bits per heavy atom. The number of carbonyl (C=O) groups is 1. The van der Waals surface area contributed by atoms with Crippen LogP contribution in [0.1, 0.15) is 27.2 Å². The summed E-state index contributed by atoms with van der Waals surface area (Å²) < 4.78 is 0. The van der Waals surface area contributed by atoms with E-state index in [1.165, 1.54) is 0 Å². The third-order valence-corrected chi connectivity index (χ3v) is 4.36. The highest BCUT2D eigenvalue weighted by molar-refractivity contribution is 5.77. The number of anilines is 1. The summed E-state index contributed by atoms with van der Waals surface area (Å²) in [6.45, 7) is 9.40. The minimum absolute atomic E-state index is 0.0347. The molecule has 5 heteroatoms. The Labute approximate surface area is 149 Å². The lowest BCUT2D eigenvalue weighted by molar-refractivity contribution is -0.133. The summed E-state index contributed by atoms with van der Waals surface area (Å²) >= 11 is 0. The van der Waals surface area contributed by atoms with E-state index in [0.29, 0.717) is 6.42 Å². The first kappa shape index (κ1) is 17.4. The fraction of sp³-hybridized carbons (Fsp3) is 0.450. The van der Waals surface area contributed by atoms with Crippen molar-refractivity contribution in [1.29, 1.82) is 0 Å². The fourth-order valence-electron chi connectivity index (χ4n) is 3.01. The molecule has 0 unspecified atom stereocenters. The SMILES string of the molecule is CC(C)(C)CC(=O)N1CCN(c2ccc(-c3ccccc3)nn2)CC1. The molecule has 3 rings (SSSR count). The molecule has 1 amide bonds. The van der Waals surface area contributed by atoms with Crippen molar-refractivity contribution in [3.8, 4) is 11.3 Å². The Kier molecular flexibility index (Phi) is 5.02. The van der Waals surface area contributed by atoms with Gasteiger partial charge in [-0.25, -0.2) is 0 Å². The summed E-state index contributed by atoms with van der Waals surface area (Å²) in [5.74, 6) is 1.13. The first-order valence-electron chi connectivity index (χ1n) is 8.84. The second-order valence-electron chi connectivity index (χ2n) is 7.75. The number of hydrogen-bond acceptors (Lipinski definition) is 4. The van der Waals surface area contributed by atoms with Gasteiger partial charge in [-0.2, -0.15) is 0 Å². The Hall–Kier alpha value is -2.43. The number of rotatable bonds is 3. The highest BCUT2D eigenvalue weighted by Crippen LogP contribution is 2.22. The minimum atomic E-state index is 0.0347. The molecule has 0 saturated carbocycles. The number of hydrogen-bond donors (Lipinski definition) is 0. The first-order chi connectivity index (χ1) is 11.9. The van der Waals surface area contributed by atoms with Crippen LogP contribution in [0.4, 0.5) is 5.82 Å². The van der Waals surface area contributed by atoms with E-state index in [-0.39, 0.29) is 11.3 Å². The molecule has 5 nitrogen and oxygen atoms in total. The molecule has 1 fully saturated rings. The quantitative estimate of drug-likeness (QED) is 0.862. The van der Waals surface area contributed by atoms with Gasteiger partial charge < -0.3 is 9.80 Å². The predicted octanol–water partition coefficient (Wildman–Crippen LogP) is 3.23. The molecule has 2 heterocycles. The fourth-order valence-corrected chi connectivity index (χ4v) is 3.01. The molecule has 0 atom stereocenters. The lowest BCUT2D eigenvalue weighted by Gasteiger charge is -2.36. The van der Waals surface area contributed by atoms with Crippen molar-refractivity contribution < 1.29 is 4.79 Å². The standard InChI is InChI=1S/C20H26N4O/c1-20(2,3)15-19(25)24-13-11-23(12-14-24)18-10-9-17(21-22-18)16-7-5-4-6-8-16/h4-10H,11-15H2,1-3H3. The maximum atomic E-state index is 12.3. The lowest BCUT2D eigenvalue weighted by Crippen LogP contribution is -2.49. The van der Waals surface area contributed by atoms with Gasteiger partial charge in [-0.3, -0.25) is 4.79 Å². The van der Waals surface area contributed by atoms with Crippen molar-refractivity contribution >= 4 is 11.7 Å². The Balaban J connectivity index is 1.59. The molecule has 0 radical (unpaired) electrons. The van der Waals surface area contributed by atoms with Gasteiger partial charge in [0.25, 0.3) is 0 Å². The van der Waals surface area contributed by atoms with E-state index >= 15 is 0 Å². The highest BCUT2D eigenvalue weighted by Gasteiger charge is 2.25. The van der Waals surface area contributed by atoms with Gasteiger partial charge in [0.2, 0.25) is 5.91 Å². The number of benzene rings is 1. The van der Waals surface area contributed by atoms with Crippen LogP contribution in [0.15, 0.2) is 42.5 Å². The third kappa shape index (κ3) is 4.56. The van der Waals surface area contributed by atoms with Crippen LogP contribution < -0.4 is 4.90 Å². The van der Waals surface area contributed by atoms with Crippen molar-refractivity contribution in [2.24, 2.45) is 5.41 Å². The van der Waals surface area contributed by atoms with Crippen LogP contribution in [0.25, 0.3) is 11.3 Å². The zero-order valence-corrected chi connectivity index (χ0v) is 15.3. The minimum Gasteiger partial charge on any atom is -0.352 e. The number of carbonyl (C=O) groups excluding carboxylic acids is 1. The Morgan fingerprint density at radius 1 is 0.960 bits per heavy atom. The molecule has 132 valence electrons.